The molecular weight excluding hydrogens is 337 g/mol. The van der Waals surface area contributed by atoms with Gasteiger partial charge in [0.25, 0.3) is 0 Å². The van der Waals surface area contributed by atoms with Crippen LogP contribution in [-0.2, 0) is 11.3 Å². The summed E-state index contributed by atoms with van der Waals surface area (Å²) < 4.78 is 21.7. The number of imidazole rings is 1. The summed E-state index contributed by atoms with van der Waals surface area (Å²) in [5.74, 6) is 0. The summed E-state index contributed by atoms with van der Waals surface area (Å²) in [6.07, 6.45) is 5.54. The van der Waals surface area contributed by atoms with Gasteiger partial charge in [0.1, 0.15) is 5.65 Å². The van der Waals surface area contributed by atoms with Gasteiger partial charge in [-0.2, -0.15) is 0 Å². The molecule has 3 rings (SSSR count). The number of aromatic nitrogens is 2. The number of hydrogen-bond acceptors (Lipinski definition) is 3. The topological polar surface area (TPSA) is 38.6 Å². The first kappa shape index (κ1) is 14.9. The standard InChI is InChI=1S/C15H19BrFN3O/c16-12-1-4-20-9-13(19-14(20)7-12)8-18-11-15(10-17)2-5-21-6-3-15/h1,4,7,9,18H,2-3,5-6,8,10-11H2. The second-order valence-electron chi connectivity index (χ2n) is 5.69. The number of hydrogen-bond donors (Lipinski definition) is 1. The van der Waals surface area contributed by atoms with Crippen LogP contribution in [0, 0.1) is 5.41 Å². The van der Waals surface area contributed by atoms with Crippen LogP contribution < -0.4 is 5.32 Å². The van der Waals surface area contributed by atoms with Gasteiger partial charge in [-0.15, -0.1) is 0 Å². The van der Waals surface area contributed by atoms with Crippen molar-refractivity contribution in [2.24, 2.45) is 5.41 Å². The minimum absolute atomic E-state index is 0.263. The highest BCUT2D eigenvalue weighted by atomic mass is 79.9. The van der Waals surface area contributed by atoms with Gasteiger partial charge in [-0.05, 0) is 25.0 Å². The zero-order valence-corrected chi connectivity index (χ0v) is 13.4. The van der Waals surface area contributed by atoms with Gasteiger partial charge in [-0.3, -0.25) is 4.39 Å². The summed E-state index contributed by atoms with van der Waals surface area (Å²) in [6.45, 7) is 2.36. The Hall–Kier alpha value is -0.980. The molecule has 1 aliphatic rings. The van der Waals surface area contributed by atoms with Gasteiger partial charge in [0, 0.05) is 48.6 Å². The summed E-state index contributed by atoms with van der Waals surface area (Å²) in [6, 6.07) is 3.96. The fourth-order valence-corrected chi connectivity index (χ4v) is 3.04. The van der Waals surface area contributed by atoms with Crippen LogP contribution in [0.3, 0.4) is 0 Å². The second-order valence-corrected chi connectivity index (χ2v) is 6.61. The third-order valence-corrected chi connectivity index (χ3v) is 4.61. The van der Waals surface area contributed by atoms with Crippen LogP contribution in [0.5, 0.6) is 0 Å². The van der Waals surface area contributed by atoms with Crippen LogP contribution in [0.2, 0.25) is 0 Å². The summed E-state index contributed by atoms with van der Waals surface area (Å²) in [7, 11) is 0. The molecule has 0 amide bonds. The largest absolute Gasteiger partial charge is 0.381 e. The van der Waals surface area contributed by atoms with Crippen molar-refractivity contribution in [3.05, 3.63) is 34.7 Å². The number of ether oxygens (including phenoxy) is 1. The molecular formula is C15H19BrFN3O. The maximum Gasteiger partial charge on any atom is 0.138 e. The SMILES string of the molecule is FCC1(CNCc2cn3ccc(Br)cc3n2)CCOCC1. The first-order chi connectivity index (χ1) is 10.2. The highest BCUT2D eigenvalue weighted by molar-refractivity contribution is 9.10. The monoisotopic (exact) mass is 355 g/mol. The zero-order valence-electron chi connectivity index (χ0n) is 11.8. The highest BCUT2D eigenvalue weighted by Crippen LogP contribution is 2.30. The van der Waals surface area contributed by atoms with Gasteiger partial charge in [0.05, 0.1) is 12.4 Å². The molecule has 114 valence electrons. The fourth-order valence-electron chi connectivity index (χ4n) is 2.71. The van der Waals surface area contributed by atoms with E-state index in [0.717, 1.165) is 28.7 Å². The second kappa shape index (κ2) is 6.42. The van der Waals surface area contributed by atoms with Crippen molar-refractivity contribution < 1.29 is 9.13 Å². The minimum Gasteiger partial charge on any atom is -0.381 e. The third-order valence-electron chi connectivity index (χ3n) is 4.12. The normalized spacial score (nSPS) is 18.2. The predicted molar refractivity (Wildman–Crippen MR) is 83.1 cm³/mol. The van der Waals surface area contributed by atoms with E-state index in [1.807, 2.05) is 28.9 Å². The van der Waals surface area contributed by atoms with Crippen molar-refractivity contribution in [1.29, 1.82) is 0 Å². The predicted octanol–water partition coefficient (Wildman–Crippen LogP) is 2.95. The first-order valence-corrected chi connectivity index (χ1v) is 7.98. The zero-order chi connectivity index (χ0) is 14.7. The molecule has 1 fully saturated rings. The van der Waals surface area contributed by atoms with Crippen LogP contribution in [0.4, 0.5) is 4.39 Å². The Kier molecular flexibility index (Phi) is 4.57. The smallest absolute Gasteiger partial charge is 0.138 e. The lowest BCUT2D eigenvalue weighted by Crippen LogP contribution is -2.40. The molecule has 1 N–H and O–H groups in total. The number of rotatable bonds is 5. The lowest BCUT2D eigenvalue weighted by molar-refractivity contribution is 0.00214. The molecule has 1 aliphatic heterocycles. The number of alkyl halides is 1. The number of nitrogens with zero attached hydrogens (tertiary/aromatic N) is 2. The number of fused-ring (bicyclic) bond motifs is 1. The Bertz CT molecular complexity index is 610. The van der Waals surface area contributed by atoms with Crippen molar-refractivity contribution in [2.45, 2.75) is 19.4 Å². The van der Waals surface area contributed by atoms with E-state index in [0.29, 0.717) is 26.3 Å². The molecule has 2 aromatic heterocycles. The maximum atomic E-state index is 13.4. The van der Waals surface area contributed by atoms with Crippen LogP contribution in [0.1, 0.15) is 18.5 Å². The molecule has 0 unspecified atom stereocenters. The molecule has 0 radical (unpaired) electrons. The number of halogens is 2. The molecule has 3 heterocycles. The van der Waals surface area contributed by atoms with Gasteiger partial charge >= 0.3 is 0 Å². The average molecular weight is 356 g/mol. The molecule has 21 heavy (non-hydrogen) atoms. The third kappa shape index (κ3) is 3.44. The van der Waals surface area contributed by atoms with E-state index in [1.54, 1.807) is 0 Å². The van der Waals surface area contributed by atoms with E-state index in [4.69, 9.17) is 4.74 Å². The Morgan fingerprint density at radius 2 is 2.24 bits per heavy atom. The van der Waals surface area contributed by atoms with Crippen LogP contribution in [-0.4, -0.2) is 35.8 Å². The van der Waals surface area contributed by atoms with E-state index in [1.165, 1.54) is 0 Å². The van der Waals surface area contributed by atoms with Crippen molar-refractivity contribution >= 4 is 21.6 Å². The first-order valence-electron chi connectivity index (χ1n) is 7.18. The molecule has 0 spiro atoms. The Balaban J connectivity index is 1.60. The lowest BCUT2D eigenvalue weighted by Gasteiger charge is -2.34. The molecule has 0 aliphatic carbocycles. The quantitative estimate of drug-likeness (QED) is 0.895. The molecule has 4 nitrogen and oxygen atoms in total. The fraction of sp³-hybridized carbons (Fsp3) is 0.533. The molecule has 0 saturated carbocycles. The molecule has 0 bridgehead atoms. The highest BCUT2D eigenvalue weighted by Gasteiger charge is 2.32. The number of pyridine rings is 1. The maximum absolute atomic E-state index is 13.4. The molecule has 0 atom stereocenters. The van der Waals surface area contributed by atoms with Gasteiger partial charge in [-0.25, -0.2) is 4.98 Å². The van der Waals surface area contributed by atoms with Gasteiger partial charge in [-0.1, -0.05) is 15.9 Å². The summed E-state index contributed by atoms with van der Waals surface area (Å²) >= 11 is 3.44. The van der Waals surface area contributed by atoms with Gasteiger partial charge in [0.15, 0.2) is 0 Å². The minimum atomic E-state index is -0.290. The summed E-state index contributed by atoms with van der Waals surface area (Å²) in [4.78, 5) is 4.56. The molecule has 6 heteroatoms. The van der Waals surface area contributed by atoms with Gasteiger partial charge in [0.2, 0.25) is 0 Å². The van der Waals surface area contributed by atoms with Crippen LogP contribution >= 0.6 is 15.9 Å². The van der Waals surface area contributed by atoms with Gasteiger partial charge < -0.3 is 14.5 Å². The Morgan fingerprint density at radius 3 is 3.00 bits per heavy atom. The van der Waals surface area contributed by atoms with E-state index in [9.17, 15) is 4.39 Å². The van der Waals surface area contributed by atoms with Crippen molar-refractivity contribution in [3.8, 4) is 0 Å². The van der Waals surface area contributed by atoms with E-state index < -0.39 is 0 Å². The lowest BCUT2D eigenvalue weighted by atomic mass is 9.81. The van der Waals surface area contributed by atoms with Crippen LogP contribution in [0.25, 0.3) is 5.65 Å². The number of nitrogens with one attached hydrogen (secondary N) is 1. The summed E-state index contributed by atoms with van der Waals surface area (Å²) in [5, 5.41) is 3.36. The average Bonchev–Trinajstić information content (AvgIpc) is 2.90. The Labute approximate surface area is 131 Å². The van der Waals surface area contributed by atoms with Crippen molar-refractivity contribution in [2.75, 3.05) is 26.4 Å². The molecule has 2 aromatic rings. The van der Waals surface area contributed by atoms with Crippen molar-refractivity contribution in [1.82, 2.24) is 14.7 Å². The molecule has 1 saturated heterocycles. The van der Waals surface area contributed by atoms with E-state index >= 15 is 0 Å². The van der Waals surface area contributed by atoms with Crippen molar-refractivity contribution in [3.63, 3.8) is 0 Å². The summed E-state index contributed by atoms with van der Waals surface area (Å²) in [5.41, 5.74) is 1.61. The van der Waals surface area contributed by atoms with E-state index in [-0.39, 0.29) is 12.1 Å². The van der Waals surface area contributed by atoms with Crippen LogP contribution in [0.15, 0.2) is 29.0 Å². The Morgan fingerprint density at radius 1 is 1.43 bits per heavy atom. The molecule has 0 aromatic carbocycles. The van der Waals surface area contributed by atoms with E-state index in [2.05, 4.69) is 26.2 Å².